The molecule has 0 aliphatic carbocycles. The van der Waals surface area contributed by atoms with Crippen LogP contribution in [0.4, 0.5) is 8.78 Å². The molecule has 0 spiro atoms. The number of carbonyl (C=O) groups is 1. The highest BCUT2D eigenvalue weighted by Gasteiger charge is 2.24. The number of nitrogens with zero attached hydrogens (tertiary/aromatic N) is 3. The highest BCUT2D eigenvalue weighted by molar-refractivity contribution is 5.89. The van der Waals surface area contributed by atoms with Gasteiger partial charge in [0.2, 0.25) is 0 Å². The molecule has 0 radical (unpaired) electrons. The van der Waals surface area contributed by atoms with Gasteiger partial charge in [-0.15, -0.1) is 0 Å². The maximum Gasteiger partial charge on any atom is 0.337 e. The smallest absolute Gasteiger partial charge is 0.337 e. The molecular weight excluding hydrogens is 376 g/mol. The summed E-state index contributed by atoms with van der Waals surface area (Å²) in [6, 6.07) is 10.6. The number of ether oxygens (including phenoxy) is 1. The Labute approximate surface area is 167 Å². The number of halogens is 2. The van der Waals surface area contributed by atoms with Crippen molar-refractivity contribution in [3.05, 3.63) is 76.5 Å². The van der Waals surface area contributed by atoms with Gasteiger partial charge in [0.25, 0.3) is 0 Å². The van der Waals surface area contributed by atoms with Crippen molar-refractivity contribution >= 4 is 5.97 Å². The van der Waals surface area contributed by atoms with E-state index in [9.17, 15) is 13.6 Å². The molecule has 0 saturated carbocycles. The monoisotopic (exact) mass is 397 g/mol. The van der Waals surface area contributed by atoms with Crippen LogP contribution in [0.25, 0.3) is 11.3 Å². The Morgan fingerprint density at radius 1 is 1.14 bits per heavy atom. The van der Waals surface area contributed by atoms with Gasteiger partial charge in [-0.05, 0) is 36.9 Å². The van der Waals surface area contributed by atoms with Crippen molar-refractivity contribution in [2.24, 2.45) is 0 Å². The third-order valence-electron chi connectivity index (χ3n) is 5.17. The van der Waals surface area contributed by atoms with Gasteiger partial charge in [0.05, 0.1) is 24.9 Å². The van der Waals surface area contributed by atoms with Crippen LogP contribution in [0.5, 0.6) is 0 Å². The van der Waals surface area contributed by atoms with Crippen LogP contribution in [0.15, 0.2) is 42.5 Å². The molecule has 0 amide bonds. The Morgan fingerprint density at radius 2 is 1.83 bits per heavy atom. The van der Waals surface area contributed by atoms with Gasteiger partial charge < -0.3 is 9.64 Å². The van der Waals surface area contributed by atoms with Crippen LogP contribution < -0.4 is 0 Å². The molecule has 2 aromatic carbocycles. The average molecular weight is 397 g/mol. The molecule has 7 heteroatoms. The molecule has 2 heterocycles. The zero-order chi connectivity index (χ0) is 20.5. The number of esters is 1. The molecule has 0 unspecified atom stereocenters. The fourth-order valence-electron chi connectivity index (χ4n) is 3.72. The molecule has 5 nitrogen and oxygen atoms in total. The van der Waals surface area contributed by atoms with Gasteiger partial charge in [-0.3, -0.25) is 4.68 Å². The first-order valence-corrected chi connectivity index (χ1v) is 9.35. The summed E-state index contributed by atoms with van der Waals surface area (Å²) >= 11 is 0. The van der Waals surface area contributed by atoms with Crippen LogP contribution in [0.2, 0.25) is 0 Å². The summed E-state index contributed by atoms with van der Waals surface area (Å²) in [6.07, 6.45) is 0.802. The first-order chi connectivity index (χ1) is 13.9. The minimum absolute atomic E-state index is 0.383. The van der Waals surface area contributed by atoms with E-state index >= 15 is 0 Å². The number of hydrogen-bond acceptors (Lipinski definition) is 4. The zero-order valence-electron chi connectivity index (χ0n) is 16.3. The molecule has 0 saturated heterocycles. The summed E-state index contributed by atoms with van der Waals surface area (Å²) in [5.74, 6) is -1.62. The predicted octanol–water partition coefficient (Wildman–Crippen LogP) is 3.65. The van der Waals surface area contributed by atoms with E-state index in [0.29, 0.717) is 29.9 Å². The molecule has 0 bridgehead atoms. The number of likely N-dealkylation sites (N-methyl/N-ethyl adjacent to an activating group) is 1. The highest BCUT2D eigenvalue weighted by Crippen LogP contribution is 2.31. The van der Waals surface area contributed by atoms with Crippen molar-refractivity contribution in [3.63, 3.8) is 0 Å². The molecule has 0 N–H and O–H groups in total. The number of hydrogen-bond donors (Lipinski definition) is 0. The van der Waals surface area contributed by atoms with Gasteiger partial charge in [0.15, 0.2) is 0 Å². The molecule has 0 atom stereocenters. The van der Waals surface area contributed by atoms with Crippen molar-refractivity contribution in [1.29, 1.82) is 0 Å². The summed E-state index contributed by atoms with van der Waals surface area (Å²) in [5, 5.41) is 4.71. The minimum atomic E-state index is -0.620. The number of fused-ring (bicyclic) bond motifs is 1. The van der Waals surface area contributed by atoms with Gasteiger partial charge in [-0.1, -0.05) is 12.1 Å². The zero-order valence-corrected chi connectivity index (χ0v) is 16.3. The third kappa shape index (κ3) is 3.91. The molecule has 0 fully saturated rings. The minimum Gasteiger partial charge on any atom is -0.465 e. The Morgan fingerprint density at radius 3 is 2.48 bits per heavy atom. The summed E-state index contributed by atoms with van der Waals surface area (Å²) < 4.78 is 34.2. The lowest BCUT2D eigenvalue weighted by atomic mass is 10.0. The van der Waals surface area contributed by atoms with Gasteiger partial charge in [-0.2, -0.15) is 5.10 Å². The van der Waals surface area contributed by atoms with Crippen molar-refractivity contribution in [2.45, 2.75) is 19.5 Å². The second-order valence-corrected chi connectivity index (χ2v) is 7.27. The van der Waals surface area contributed by atoms with Crippen molar-refractivity contribution in [1.82, 2.24) is 14.7 Å². The van der Waals surface area contributed by atoms with Gasteiger partial charge in [0, 0.05) is 42.4 Å². The maximum atomic E-state index is 13.8. The van der Waals surface area contributed by atoms with Gasteiger partial charge in [-0.25, -0.2) is 13.6 Å². The van der Waals surface area contributed by atoms with E-state index in [4.69, 9.17) is 9.84 Å². The van der Waals surface area contributed by atoms with Crippen LogP contribution in [-0.4, -0.2) is 41.4 Å². The van der Waals surface area contributed by atoms with E-state index in [1.807, 2.05) is 23.9 Å². The Bertz CT molecular complexity index is 1040. The topological polar surface area (TPSA) is 47.4 Å². The quantitative estimate of drug-likeness (QED) is 0.631. The largest absolute Gasteiger partial charge is 0.465 e. The van der Waals surface area contributed by atoms with E-state index in [2.05, 4.69) is 4.90 Å². The van der Waals surface area contributed by atoms with Crippen LogP contribution in [0.1, 0.15) is 27.2 Å². The normalized spacial score (nSPS) is 13.9. The van der Waals surface area contributed by atoms with Crippen molar-refractivity contribution in [2.75, 3.05) is 20.7 Å². The Hall–Kier alpha value is -3.06. The van der Waals surface area contributed by atoms with Gasteiger partial charge in [0.1, 0.15) is 11.6 Å². The standard InChI is InChI=1S/C22H21F2N3O2/c1-26-8-7-20-19(13-26)21(16-9-17(23)11-18(24)10-16)25-27(20)12-14-3-5-15(6-4-14)22(28)29-2/h3-6,9-11H,7-8,12-13H2,1-2H3. The second kappa shape index (κ2) is 7.75. The second-order valence-electron chi connectivity index (χ2n) is 7.27. The van der Waals surface area contributed by atoms with E-state index in [0.717, 1.165) is 35.9 Å². The summed E-state index contributed by atoms with van der Waals surface area (Å²) in [7, 11) is 3.36. The highest BCUT2D eigenvalue weighted by atomic mass is 19.1. The van der Waals surface area contributed by atoms with Gasteiger partial charge >= 0.3 is 5.97 Å². The van der Waals surface area contributed by atoms with Crippen molar-refractivity contribution in [3.8, 4) is 11.3 Å². The van der Waals surface area contributed by atoms with Crippen LogP contribution >= 0.6 is 0 Å². The lowest BCUT2D eigenvalue weighted by Crippen LogP contribution is -2.27. The predicted molar refractivity (Wildman–Crippen MR) is 105 cm³/mol. The van der Waals surface area contributed by atoms with E-state index in [1.165, 1.54) is 19.2 Å². The molecule has 1 aliphatic heterocycles. The Kier molecular flexibility index (Phi) is 5.15. The summed E-state index contributed by atoms with van der Waals surface area (Å²) in [6.45, 7) is 2.06. The van der Waals surface area contributed by atoms with E-state index in [1.54, 1.807) is 12.1 Å². The summed E-state index contributed by atoms with van der Waals surface area (Å²) in [4.78, 5) is 13.8. The SMILES string of the molecule is COC(=O)c1ccc(Cn2nc(-c3cc(F)cc(F)c3)c3c2CCN(C)C3)cc1. The molecular formula is C22H21F2N3O2. The molecule has 4 rings (SSSR count). The number of carbonyl (C=O) groups excluding carboxylic acids is 1. The molecule has 150 valence electrons. The maximum absolute atomic E-state index is 13.8. The number of benzene rings is 2. The third-order valence-corrected chi connectivity index (χ3v) is 5.17. The van der Waals surface area contributed by atoms with E-state index in [-0.39, 0.29) is 5.97 Å². The fraction of sp³-hybridized carbons (Fsp3) is 0.273. The average Bonchev–Trinajstić information content (AvgIpc) is 3.04. The first-order valence-electron chi connectivity index (χ1n) is 9.35. The van der Waals surface area contributed by atoms with Crippen LogP contribution in [-0.2, 0) is 24.2 Å². The van der Waals surface area contributed by atoms with Crippen molar-refractivity contribution < 1.29 is 18.3 Å². The Balaban J connectivity index is 1.72. The molecule has 1 aromatic heterocycles. The molecule has 29 heavy (non-hydrogen) atoms. The lowest BCUT2D eigenvalue weighted by Gasteiger charge is -2.23. The lowest BCUT2D eigenvalue weighted by molar-refractivity contribution is 0.0600. The first kappa shape index (κ1) is 19.3. The van der Waals surface area contributed by atoms with E-state index < -0.39 is 11.6 Å². The number of rotatable bonds is 4. The summed E-state index contributed by atoms with van der Waals surface area (Å²) in [5.41, 5.74) is 4.56. The number of methoxy groups -OCH3 is 1. The fourth-order valence-corrected chi connectivity index (χ4v) is 3.72. The van der Waals surface area contributed by atoms with Crippen LogP contribution in [0, 0.1) is 11.6 Å². The molecule has 3 aromatic rings. The molecule has 1 aliphatic rings. The number of aromatic nitrogens is 2. The van der Waals surface area contributed by atoms with Crippen LogP contribution in [0.3, 0.4) is 0 Å².